The maximum atomic E-state index is 12.1. The van der Waals surface area contributed by atoms with E-state index in [2.05, 4.69) is 0 Å². The van der Waals surface area contributed by atoms with Crippen molar-refractivity contribution in [2.24, 2.45) is 0 Å². The van der Waals surface area contributed by atoms with Crippen molar-refractivity contribution < 1.29 is 29.5 Å². The minimum absolute atomic E-state index is 0.0359. The van der Waals surface area contributed by atoms with Crippen molar-refractivity contribution >= 4 is 17.6 Å². The zero-order valence-corrected chi connectivity index (χ0v) is 11.1. The number of carboxylic acids is 1. The first kappa shape index (κ1) is 16.4. The highest BCUT2D eigenvalue weighted by Gasteiger charge is 2.28. The molecule has 0 heterocycles. The van der Waals surface area contributed by atoms with Gasteiger partial charge in [-0.3, -0.25) is 14.9 Å². The van der Waals surface area contributed by atoms with E-state index in [-0.39, 0.29) is 17.9 Å². The van der Waals surface area contributed by atoms with Crippen LogP contribution in [0.1, 0.15) is 17.3 Å². The third-order valence-electron chi connectivity index (χ3n) is 2.51. The fraction of sp³-hybridized carbons (Fsp3) is 0.333. The van der Waals surface area contributed by atoms with Crippen LogP contribution in [-0.2, 0) is 4.79 Å². The molecule has 1 aromatic rings. The van der Waals surface area contributed by atoms with Crippen LogP contribution in [0.2, 0.25) is 0 Å². The monoisotopic (exact) mass is 298 g/mol. The molecule has 0 unspecified atom stereocenters. The number of carboxylic acid groups (broad SMARTS) is 1. The van der Waals surface area contributed by atoms with E-state index in [1.54, 1.807) is 6.92 Å². The minimum atomic E-state index is -1.56. The number of carbonyl (C=O) groups excluding carboxylic acids is 1. The summed E-state index contributed by atoms with van der Waals surface area (Å²) in [7, 11) is 0. The van der Waals surface area contributed by atoms with Crippen molar-refractivity contribution in [2.75, 3.05) is 13.2 Å². The average molecular weight is 298 g/mol. The Hall–Kier alpha value is -2.68. The topological polar surface area (TPSA) is 139 Å². The van der Waals surface area contributed by atoms with Gasteiger partial charge in [0.15, 0.2) is 11.6 Å². The van der Waals surface area contributed by atoms with Gasteiger partial charge in [0.2, 0.25) is 0 Å². The van der Waals surface area contributed by atoms with Crippen LogP contribution in [0.3, 0.4) is 0 Å². The van der Waals surface area contributed by atoms with E-state index in [1.165, 1.54) is 12.1 Å². The molecule has 1 amide bonds. The van der Waals surface area contributed by atoms with Crippen molar-refractivity contribution in [3.63, 3.8) is 0 Å². The molecule has 0 aliphatic heterocycles. The number of nitrogens with one attached hydrogen (secondary N) is 1. The molecule has 0 fully saturated rings. The van der Waals surface area contributed by atoms with Crippen molar-refractivity contribution in [2.45, 2.75) is 13.0 Å². The van der Waals surface area contributed by atoms with Gasteiger partial charge >= 0.3 is 5.97 Å². The molecule has 1 atom stereocenters. The molecule has 0 radical (unpaired) electrons. The Morgan fingerprint density at radius 2 is 2.14 bits per heavy atom. The fourth-order valence-corrected chi connectivity index (χ4v) is 1.59. The summed E-state index contributed by atoms with van der Waals surface area (Å²) in [5.41, 5.74) is -0.899. The molecule has 0 saturated heterocycles. The van der Waals surface area contributed by atoms with Crippen molar-refractivity contribution in [1.82, 2.24) is 5.32 Å². The predicted octanol–water partition coefficient (Wildman–Crippen LogP) is 0.169. The van der Waals surface area contributed by atoms with Crippen LogP contribution in [0, 0.1) is 10.1 Å². The number of nitrogens with zero attached hydrogens (tertiary/aromatic N) is 1. The largest absolute Gasteiger partial charge is 0.493 e. The molecule has 9 nitrogen and oxygen atoms in total. The van der Waals surface area contributed by atoms with Gasteiger partial charge in [-0.2, -0.15) is 0 Å². The summed E-state index contributed by atoms with van der Waals surface area (Å²) in [4.78, 5) is 33.1. The van der Waals surface area contributed by atoms with Gasteiger partial charge in [0.1, 0.15) is 5.75 Å². The Morgan fingerprint density at radius 1 is 1.48 bits per heavy atom. The third kappa shape index (κ3) is 3.89. The number of hydrogen-bond donors (Lipinski definition) is 3. The highest BCUT2D eigenvalue weighted by atomic mass is 16.6. The smallest absolute Gasteiger partial charge is 0.328 e. The quantitative estimate of drug-likeness (QED) is 0.481. The Bertz CT molecular complexity index is 559. The first-order valence-electron chi connectivity index (χ1n) is 5.97. The molecule has 0 spiro atoms. The number of benzene rings is 1. The number of nitro groups is 1. The van der Waals surface area contributed by atoms with Gasteiger partial charge in [-0.15, -0.1) is 0 Å². The van der Waals surface area contributed by atoms with Crippen molar-refractivity contribution in [3.05, 3.63) is 33.9 Å². The van der Waals surface area contributed by atoms with Gasteiger partial charge in [-0.1, -0.05) is 6.07 Å². The first-order chi connectivity index (χ1) is 9.92. The molecule has 0 bridgehead atoms. The van der Waals surface area contributed by atoms with Crippen LogP contribution in [-0.4, -0.2) is 46.3 Å². The SMILES string of the molecule is CCOc1cccc([N+](=O)[O-])c1C(=O)N[C@H](CO)C(=O)O. The molecular weight excluding hydrogens is 284 g/mol. The zero-order valence-electron chi connectivity index (χ0n) is 11.1. The highest BCUT2D eigenvalue weighted by Crippen LogP contribution is 2.28. The van der Waals surface area contributed by atoms with E-state index in [0.717, 1.165) is 6.07 Å². The second-order valence-corrected chi connectivity index (χ2v) is 3.89. The maximum absolute atomic E-state index is 12.1. The van der Waals surface area contributed by atoms with Crippen molar-refractivity contribution in [3.8, 4) is 5.75 Å². The number of aliphatic hydroxyl groups excluding tert-OH is 1. The number of nitro benzene ring substituents is 1. The number of aliphatic hydroxyl groups is 1. The van der Waals surface area contributed by atoms with Gasteiger partial charge in [0, 0.05) is 6.07 Å². The Labute approximate surface area is 119 Å². The number of hydrogen-bond acceptors (Lipinski definition) is 6. The van der Waals surface area contributed by atoms with Gasteiger partial charge in [0.05, 0.1) is 18.1 Å². The summed E-state index contributed by atoms with van der Waals surface area (Å²) in [6, 6.07) is 2.25. The van der Waals surface area contributed by atoms with E-state index in [1.807, 2.05) is 5.32 Å². The Balaban J connectivity index is 3.22. The van der Waals surface area contributed by atoms with Crippen LogP contribution in [0.5, 0.6) is 5.75 Å². The van der Waals surface area contributed by atoms with Gasteiger partial charge in [-0.05, 0) is 13.0 Å². The second kappa shape index (κ2) is 7.20. The van der Waals surface area contributed by atoms with Crippen LogP contribution in [0.15, 0.2) is 18.2 Å². The third-order valence-corrected chi connectivity index (χ3v) is 2.51. The summed E-state index contributed by atoms with van der Waals surface area (Å²) >= 11 is 0. The molecule has 0 aliphatic rings. The molecule has 9 heteroatoms. The number of amides is 1. The summed E-state index contributed by atoms with van der Waals surface area (Å²) in [6.07, 6.45) is 0. The molecule has 114 valence electrons. The molecule has 0 saturated carbocycles. The van der Waals surface area contributed by atoms with E-state index in [0.29, 0.717) is 0 Å². The molecule has 3 N–H and O–H groups in total. The molecule has 0 aliphatic carbocycles. The van der Waals surface area contributed by atoms with Crippen molar-refractivity contribution in [1.29, 1.82) is 0 Å². The molecule has 1 rings (SSSR count). The van der Waals surface area contributed by atoms with Gasteiger partial charge < -0.3 is 20.3 Å². The summed E-state index contributed by atoms with van der Waals surface area (Å²) in [5, 5.41) is 30.6. The first-order valence-corrected chi connectivity index (χ1v) is 5.97. The Kier molecular flexibility index (Phi) is 5.61. The lowest BCUT2D eigenvalue weighted by atomic mass is 10.1. The van der Waals surface area contributed by atoms with Crippen LogP contribution in [0.25, 0.3) is 0 Å². The van der Waals surface area contributed by atoms with Crippen LogP contribution < -0.4 is 10.1 Å². The number of ether oxygens (including phenoxy) is 1. The van der Waals surface area contributed by atoms with Crippen LogP contribution in [0.4, 0.5) is 5.69 Å². The molecule has 1 aromatic carbocycles. The summed E-state index contributed by atoms with van der Waals surface area (Å²) in [6.45, 7) is 0.962. The maximum Gasteiger partial charge on any atom is 0.328 e. The highest BCUT2D eigenvalue weighted by molar-refractivity contribution is 6.02. The lowest BCUT2D eigenvalue weighted by Crippen LogP contribution is -2.43. The lowest BCUT2D eigenvalue weighted by Gasteiger charge is -2.14. The number of aliphatic carboxylic acids is 1. The number of carbonyl (C=O) groups is 2. The fourth-order valence-electron chi connectivity index (χ4n) is 1.59. The summed E-state index contributed by atoms with van der Waals surface area (Å²) < 4.78 is 5.15. The lowest BCUT2D eigenvalue weighted by molar-refractivity contribution is -0.385. The molecule has 0 aromatic heterocycles. The van der Waals surface area contributed by atoms with E-state index in [4.69, 9.17) is 14.9 Å². The second-order valence-electron chi connectivity index (χ2n) is 3.89. The molecule has 21 heavy (non-hydrogen) atoms. The van der Waals surface area contributed by atoms with Gasteiger partial charge in [-0.25, -0.2) is 4.79 Å². The normalized spacial score (nSPS) is 11.5. The standard InChI is InChI=1S/C12H14N2O7/c1-2-21-9-5-3-4-8(14(19)20)10(9)11(16)13-7(6-15)12(17)18/h3-5,7,15H,2,6H2,1H3,(H,13,16)(H,17,18)/t7-/m1/s1. The van der Waals surface area contributed by atoms with E-state index in [9.17, 15) is 19.7 Å². The van der Waals surface area contributed by atoms with E-state index < -0.39 is 35.1 Å². The molecular formula is C12H14N2O7. The minimum Gasteiger partial charge on any atom is -0.493 e. The predicted molar refractivity (Wildman–Crippen MR) is 70.2 cm³/mol. The Morgan fingerprint density at radius 3 is 2.62 bits per heavy atom. The average Bonchev–Trinajstić information content (AvgIpc) is 2.44. The van der Waals surface area contributed by atoms with Crippen LogP contribution >= 0.6 is 0 Å². The summed E-state index contributed by atoms with van der Waals surface area (Å²) in [5.74, 6) is -2.50. The van der Waals surface area contributed by atoms with E-state index >= 15 is 0 Å². The van der Waals surface area contributed by atoms with Gasteiger partial charge in [0.25, 0.3) is 11.6 Å². The zero-order chi connectivity index (χ0) is 16.0. The number of rotatable bonds is 7.